The van der Waals surface area contributed by atoms with Gasteiger partial charge >= 0.3 is 0 Å². The Hall–Kier alpha value is -0.770. The third-order valence-corrected chi connectivity index (χ3v) is 2.97. The molecule has 2 atom stereocenters. The average molecular weight is 198 g/mol. The highest BCUT2D eigenvalue weighted by molar-refractivity contribution is 5.73. The van der Waals surface area contributed by atoms with Crippen molar-refractivity contribution in [1.82, 2.24) is 0 Å². The van der Waals surface area contributed by atoms with Gasteiger partial charge in [-0.1, -0.05) is 13.3 Å². The van der Waals surface area contributed by atoms with Crippen LogP contribution in [-0.2, 0) is 9.47 Å². The summed E-state index contributed by atoms with van der Waals surface area (Å²) in [6.45, 7) is 3.65. The van der Waals surface area contributed by atoms with Gasteiger partial charge in [-0.15, -0.1) is 0 Å². The van der Waals surface area contributed by atoms with E-state index in [2.05, 4.69) is 11.9 Å². The summed E-state index contributed by atoms with van der Waals surface area (Å²) in [6.07, 6.45) is 4.43. The summed E-state index contributed by atoms with van der Waals surface area (Å²) in [6, 6.07) is 0.349. The summed E-state index contributed by atoms with van der Waals surface area (Å²) >= 11 is 0. The van der Waals surface area contributed by atoms with Crippen molar-refractivity contribution in [3.05, 3.63) is 0 Å². The summed E-state index contributed by atoms with van der Waals surface area (Å²) in [5.41, 5.74) is 5.41. The summed E-state index contributed by atoms with van der Waals surface area (Å²) in [5.74, 6) is 0. The molecule has 2 unspecified atom stereocenters. The quantitative estimate of drug-likeness (QED) is 0.721. The number of rotatable bonds is 2. The number of aliphatic imine (C=N–C) groups is 1. The van der Waals surface area contributed by atoms with E-state index in [0.717, 1.165) is 32.3 Å². The maximum absolute atomic E-state index is 5.67. The second-order valence-corrected chi connectivity index (χ2v) is 4.18. The van der Waals surface area contributed by atoms with E-state index in [-0.39, 0.29) is 5.60 Å². The average Bonchev–Trinajstić information content (AvgIpc) is 2.48. The van der Waals surface area contributed by atoms with Crippen molar-refractivity contribution >= 4 is 6.02 Å². The molecular formula is C10H18N2O2. The smallest absolute Gasteiger partial charge is 0.282 e. The van der Waals surface area contributed by atoms with Crippen LogP contribution in [0.1, 0.15) is 32.6 Å². The Balaban J connectivity index is 1.94. The number of hydrogen-bond donors (Lipinski definition) is 1. The van der Waals surface area contributed by atoms with Crippen molar-refractivity contribution in [2.24, 2.45) is 10.7 Å². The zero-order chi connectivity index (χ0) is 10.0. The van der Waals surface area contributed by atoms with Gasteiger partial charge in [-0.05, 0) is 6.42 Å². The normalized spacial score (nSPS) is 36.9. The number of amidine groups is 1. The summed E-state index contributed by atoms with van der Waals surface area (Å²) in [5, 5.41) is 0. The molecule has 1 spiro atoms. The predicted molar refractivity (Wildman–Crippen MR) is 54.2 cm³/mol. The second-order valence-electron chi connectivity index (χ2n) is 4.18. The first-order valence-electron chi connectivity index (χ1n) is 5.35. The standard InChI is InChI=1S/C10H18N2O2/c1-2-3-8-6-10(4-5-13-8)7-12-9(11)14-10/h8H,2-7H2,1H3,(H2,11,12). The number of nitrogens with zero attached hydrogens (tertiary/aromatic N) is 1. The Labute approximate surface area is 84.5 Å². The van der Waals surface area contributed by atoms with Crippen LogP contribution in [0, 0.1) is 0 Å². The molecule has 1 fully saturated rings. The molecule has 0 aromatic carbocycles. The number of ether oxygens (including phenoxy) is 2. The number of nitrogens with two attached hydrogens (primary N) is 1. The SMILES string of the molecule is CCCC1CC2(CCO1)CN=C(N)O2. The van der Waals surface area contributed by atoms with E-state index >= 15 is 0 Å². The summed E-state index contributed by atoms with van der Waals surface area (Å²) in [7, 11) is 0. The minimum atomic E-state index is -0.137. The van der Waals surface area contributed by atoms with Crippen LogP contribution in [0.15, 0.2) is 4.99 Å². The largest absolute Gasteiger partial charge is 0.457 e. The molecule has 2 aliphatic rings. The zero-order valence-electron chi connectivity index (χ0n) is 8.66. The van der Waals surface area contributed by atoms with Crippen LogP contribution >= 0.6 is 0 Å². The van der Waals surface area contributed by atoms with Gasteiger partial charge in [-0.3, -0.25) is 0 Å². The molecular weight excluding hydrogens is 180 g/mol. The molecule has 2 aliphatic heterocycles. The van der Waals surface area contributed by atoms with Gasteiger partial charge < -0.3 is 15.2 Å². The summed E-state index contributed by atoms with van der Waals surface area (Å²) in [4.78, 5) is 4.12. The molecule has 4 nitrogen and oxygen atoms in total. The molecule has 2 rings (SSSR count). The lowest BCUT2D eigenvalue weighted by molar-refractivity contribution is -0.0850. The third-order valence-electron chi connectivity index (χ3n) is 2.97. The maximum atomic E-state index is 5.67. The fraction of sp³-hybridized carbons (Fsp3) is 0.900. The van der Waals surface area contributed by atoms with Crippen molar-refractivity contribution in [3.8, 4) is 0 Å². The van der Waals surface area contributed by atoms with E-state index in [1.165, 1.54) is 0 Å². The van der Waals surface area contributed by atoms with Crippen molar-refractivity contribution < 1.29 is 9.47 Å². The van der Waals surface area contributed by atoms with Gasteiger partial charge in [0.1, 0.15) is 5.60 Å². The van der Waals surface area contributed by atoms with Crippen molar-refractivity contribution in [2.45, 2.75) is 44.3 Å². The Morgan fingerprint density at radius 3 is 3.14 bits per heavy atom. The lowest BCUT2D eigenvalue weighted by Crippen LogP contribution is -2.44. The molecule has 4 heteroatoms. The van der Waals surface area contributed by atoms with Gasteiger partial charge in [0.05, 0.1) is 19.3 Å². The van der Waals surface area contributed by atoms with Crippen LogP contribution in [0.5, 0.6) is 0 Å². The second kappa shape index (κ2) is 3.77. The Morgan fingerprint density at radius 2 is 2.50 bits per heavy atom. The lowest BCUT2D eigenvalue weighted by Gasteiger charge is -2.36. The van der Waals surface area contributed by atoms with Crippen LogP contribution in [0.25, 0.3) is 0 Å². The molecule has 0 radical (unpaired) electrons. The molecule has 1 saturated heterocycles. The van der Waals surface area contributed by atoms with Crippen LogP contribution in [0.3, 0.4) is 0 Å². The Kier molecular flexibility index (Phi) is 2.63. The van der Waals surface area contributed by atoms with Crippen molar-refractivity contribution in [1.29, 1.82) is 0 Å². The first kappa shape index (κ1) is 9.77. The number of hydrogen-bond acceptors (Lipinski definition) is 4. The molecule has 2 heterocycles. The molecule has 0 saturated carbocycles. The van der Waals surface area contributed by atoms with Crippen LogP contribution in [-0.4, -0.2) is 30.9 Å². The van der Waals surface area contributed by atoms with Gasteiger partial charge in [-0.25, -0.2) is 4.99 Å². The molecule has 80 valence electrons. The van der Waals surface area contributed by atoms with E-state index in [0.29, 0.717) is 18.7 Å². The molecule has 2 N–H and O–H groups in total. The van der Waals surface area contributed by atoms with E-state index in [1.807, 2.05) is 0 Å². The first-order valence-corrected chi connectivity index (χ1v) is 5.35. The maximum Gasteiger partial charge on any atom is 0.282 e. The van der Waals surface area contributed by atoms with E-state index in [9.17, 15) is 0 Å². The van der Waals surface area contributed by atoms with E-state index < -0.39 is 0 Å². The van der Waals surface area contributed by atoms with Crippen LogP contribution in [0.2, 0.25) is 0 Å². The monoisotopic (exact) mass is 198 g/mol. The van der Waals surface area contributed by atoms with Crippen LogP contribution in [0.4, 0.5) is 0 Å². The fourth-order valence-corrected chi connectivity index (χ4v) is 2.24. The molecule has 14 heavy (non-hydrogen) atoms. The lowest BCUT2D eigenvalue weighted by atomic mass is 9.89. The van der Waals surface area contributed by atoms with Crippen LogP contribution < -0.4 is 5.73 Å². The molecule has 0 aromatic rings. The zero-order valence-corrected chi connectivity index (χ0v) is 8.66. The van der Waals surface area contributed by atoms with E-state index in [1.54, 1.807) is 0 Å². The third kappa shape index (κ3) is 1.85. The van der Waals surface area contributed by atoms with Gasteiger partial charge in [0.15, 0.2) is 0 Å². The van der Waals surface area contributed by atoms with Crippen molar-refractivity contribution in [2.75, 3.05) is 13.2 Å². The minimum absolute atomic E-state index is 0.137. The highest BCUT2D eigenvalue weighted by Crippen LogP contribution is 2.33. The van der Waals surface area contributed by atoms with Crippen molar-refractivity contribution in [3.63, 3.8) is 0 Å². The van der Waals surface area contributed by atoms with Gasteiger partial charge in [0.25, 0.3) is 6.02 Å². The molecule has 0 bridgehead atoms. The first-order chi connectivity index (χ1) is 6.74. The highest BCUT2D eigenvalue weighted by atomic mass is 16.5. The molecule has 0 aliphatic carbocycles. The Bertz CT molecular complexity index is 240. The minimum Gasteiger partial charge on any atom is -0.457 e. The predicted octanol–water partition coefficient (Wildman–Crippen LogP) is 1.05. The molecule has 0 aromatic heterocycles. The highest BCUT2D eigenvalue weighted by Gasteiger charge is 2.42. The summed E-state index contributed by atoms with van der Waals surface area (Å²) < 4.78 is 11.3. The fourth-order valence-electron chi connectivity index (χ4n) is 2.24. The topological polar surface area (TPSA) is 56.8 Å². The van der Waals surface area contributed by atoms with Gasteiger partial charge in [0, 0.05) is 12.8 Å². The van der Waals surface area contributed by atoms with Gasteiger partial charge in [-0.2, -0.15) is 0 Å². The molecule has 0 amide bonds. The van der Waals surface area contributed by atoms with Gasteiger partial charge in [0.2, 0.25) is 0 Å². The van der Waals surface area contributed by atoms with E-state index in [4.69, 9.17) is 15.2 Å². The Morgan fingerprint density at radius 1 is 1.64 bits per heavy atom.